The molecule has 0 radical (unpaired) electrons. The first-order chi connectivity index (χ1) is 11.8. The highest BCUT2D eigenvalue weighted by atomic mass is 35.5. The van der Waals surface area contributed by atoms with Crippen molar-refractivity contribution in [2.24, 2.45) is 0 Å². The number of nitrogens with zero attached hydrogens (tertiary/aromatic N) is 1. The number of aromatic nitrogens is 1. The van der Waals surface area contributed by atoms with E-state index < -0.39 is 25.1 Å². The second-order valence-electron chi connectivity index (χ2n) is 4.49. The highest BCUT2D eigenvalue weighted by molar-refractivity contribution is 6.34. The molecule has 0 aliphatic rings. The summed E-state index contributed by atoms with van der Waals surface area (Å²) in [5, 5.41) is 2.50. The van der Waals surface area contributed by atoms with Gasteiger partial charge < -0.3 is 14.8 Å². The third-order valence-electron chi connectivity index (χ3n) is 2.70. The molecule has 0 saturated carbocycles. The van der Waals surface area contributed by atoms with E-state index in [1.807, 2.05) is 0 Å². The van der Waals surface area contributed by atoms with Crippen LogP contribution in [0.3, 0.4) is 0 Å². The summed E-state index contributed by atoms with van der Waals surface area (Å²) in [4.78, 5) is 27.3. The highest BCUT2D eigenvalue weighted by Crippen LogP contribution is 2.19. The predicted octanol–water partition coefficient (Wildman–Crippen LogP) is 3.79. The number of hydrogen-bond acceptors (Lipinski definition) is 5. The second kappa shape index (κ2) is 8.59. The fourth-order valence-electron chi connectivity index (χ4n) is 1.68. The maximum atomic E-state index is 12.0. The summed E-state index contributed by atoms with van der Waals surface area (Å²) in [6.45, 7) is -3.54. The number of ether oxygens (including phenoxy) is 2. The number of carbonyl (C=O) groups is 2. The molecule has 0 saturated heterocycles. The first-order valence-corrected chi connectivity index (χ1v) is 7.44. The Morgan fingerprint density at radius 3 is 2.44 bits per heavy atom. The molecule has 0 bridgehead atoms. The first kappa shape index (κ1) is 18.9. The normalized spacial score (nSPS) is 10.4. The minimum absolute atomic E-state index is 0.0319. The van der Waals surface area contributed by atoms with E-state index in [0.717, 1.165) is 0 Å². The molecule has 1 heterocycles. The fourth-order valence-corrected chi connectivity index (χ4v) is 2.01. The maximum Gasteiger partial charge on any atom is 0.387 e. The predicted molar refractivity (Wildman–Crippen MR) is 86.2 cm³/mol. The molecule has 1 N–H and O–H groups in total. The molecule has 0 spiro atoms. The Balaban J connectivity index is 1.88. The van der Waals surface area contributed by atoms with Crippen molar-refractivity contribution in [2.45, 2.75) is 6.61 Å². The van der Waals surface area contributed by atoms with Crippen LogP contribution in [0.15, 0.2) is 36.4 Å². The summed E-state index contributed by atoms with van der Waals surface area (Å²) >= 11 is 11.5. The molecule has 0 unspecified atom stereocenters. The van der Waals surface area contributed by atoms with Gasteiger partial charge in [0.2, 0.25) is 0 Å². The van der Waals surface area contributed by atoms with E-state index in [2.05, 4.69) is 15.0 Å². The summed E-state index contributed by atoms with van der Waals surface area (Å²) in [7, 11) is 0. The Hall–Kier alpha value is -2.45. The van der Waals surface area contributed by atoms with Gasteiger partial charge in [0.05, 0.1) is 5.02 Å². The van der Waals surface area contributed by atoms with Crippen LogP contribution in [0.5, 0.6) is 5.75 Å². The van der Waals surface area contributed by atoms with Crippen LogP contribution in [0.2, 0.25) is 10.2 Å². The van der Waals surface area contributed by atoms with Gasteiger partial charge in [-0.1, -0.05) is 23.2 Å². The lowest BCUT2D eigenvalue weighted by atomic mass is 10.3. The average molecular weight is 391 g/mol. The number of benzene rings is 1. The Morgan fingerprint density at radius 1 is 1.12 bits per heavy atom. The summed E-state index contributed by atoms with van der Waals surface area (Å²) < 4.78 is 33.0. The highest BCUT2D eigenvalue weighted by Gasteiger charge is 2.16. The van der Waals surface area contributed by atoms with Crippen molar-refractivity contribution >= 4 is 40.8 Å². The van der Waals surface area contributed by atoms with Crippen molar-refractivity contribution < 1.29 is 27.8 Å². The molecule has 2 aromatic rings. The molecule has 1 amide bonds. The molecule has 1 aromatic heterocycles. The van der Waals surface area contributed by atoms with Crippen LogP contribution in [0.1, 0.15) is 10.5 Å². The van der Waals surface area contributed by atoms with Crippen molar-refractivity contribution in [3.8, 4) is 5.75 Å². The van der Waals surface area contributed by atoms with Crippen molar-refractivity contribution in [1.29, 1.82) is 0 Å². The Kier molecular flexibility index (Phi) is 6.49. The number of nitrogens with one attached hydrogen (secondary N) is 1. The molecule has 132 valence electrons. The topological polar surface area (TPSA) is 77.5 Å². The standard InChI is InChI=1S/C15H10Cl2F2N2O4/c16-10-5-6-11(17)21-13(10)14(23)24-7-12(22)20-8-1-3-9(4-2-8)25-15(18)19/h1-6,15H,7H2,(H,20,22). The largest absolute Gasteiger partial charge is 0.451 e. The number of carbonyl (C=O) groups excluding carboxylic acids is 2. The van der Waals surface area contributed by atoms with E-state index in [1.165, 1.54) is 36.4 Å². The van der Waals surface area contributed by atoms with E-state index >= 15 is 0 Å². The average Bonchev–Trinajstić information content (AvgIpc) is 2.56. The zero-order chi connectivity index (χ0) is 18.4. The minimum Gasteiger partial charge on any atom is -0.451 e. The van der Waals surface area contributed by atoms with E-state index in [0.29, 0.717) is 5.69 Å². The third-order valence-corrected chi connectivity index (χ3v) is 3.22. The minimum atomic E-state index is -2.94. The van der Waals surface area contributed by atoms with Gasteiger partial charge in [0.25, 0.3) is 5.91 Å². The van der Waals surface area contributed by atoms with Gasteiger partial charge in [-0.3, -0.25) is 4.79 Å². The number of alkyl halides is 2. The quantitative estimate of drug-likeness (QED) is 0.599. The number of esters is 1. The zero-order valence-corrected chi connectivity index (χ0v) is 13.9. The molecule has 0 aliphatic heterocycles. The van der Waals surface area contributed by atoms with Gasteiger partial charge in [0.1, 0.15) is 10.9 Å². The Labute approximate surface area is 150 Å². The van der Waals surface area contributed by atoms with Crippen LogP contribution >= 0.6 is 23.2 Å². The molecule has 25 heavy (non-hydrogen) atoms. The molecular formula is C15H10Cl2F2N2O4. The molecule has 1 aromatic carbocycles. The smallest absolute Gasteiger partial charge is 0.387 e. The SMILES string of the molecule is O=C(COC(=O)c1nc(Cl)ccc1Cl)Nc1ccc(OC(F)F)cc1. The van der Waals surface area contributed by atoms with Crippen LogP contribution in [0, 0.1) is 0 Å². The lowest BCUT2D eigenvalue weighted by Crippen LogP contribution is -2.21. The van der Waals surface area contributed by atoms with Crippen LogP contribution in [0.4, 0.5) is 14.5 Å². The van der Waals surface area contributed by atoms with Gasteiger partial charge in [0.15, 0.2) is 12.3 Å². The van der Waals surface area contributed by atoms with Crippen molar-refractivity contribution in [2.75, 3.05) is 11.9 Å². The van der Waals surface area contributed by atoms with E-state index in [9.17, 15) is 18.4 Å². The van der Waals surface area contributed by atoms with Crippen LogP contribution < -0.4 is 10.1 Å². The Bertz CT molecular complexity index is 773. The van der Waals surface area contributed by atoms with Crippen molar-refractivity contribution in [3.05, 3.63) is 52.3 Å². The number of rotatable bonds is 6. The fraction of sp³-hybridized carbons (Fsp3) is 0.133. The third kappa shape index (κ3) is 5.84. The van der Waals surface area contributed by atoms with Crippen LogP contribution in [-0.4, -0.2) is 30.1 Å². The Morgan fingerprint density at radius 2 is 1.80 bits per heavy atom. The lowest BCUT2D eigenvalue weighted by molar-refractivity contribution is -0.119. The summed E-state index contributed by atoms with van der Waals surface area (Å²) in [5.41, 5.74) is 0.0945. The monoisotopic (exact) mass is 390 g/mol. The van der Waals surface area contributed by atoms with Gasteiger partial charge in [-0.15, -0.1) is 0 Å². The molecule has 0 aliphatic carbocycles. The van der Waals surface area contributed by atoms with Gasteiger partial charge >= 0.3 is 12.6 Å². The van der Waals surface area contributed by atoms with E-state index in [4.69, 9.17) is 27.9 Å². The molecule has 0 atom stereocenters. The summed E-state index contributed by atoms with van der Waals surface area (Å²) in [5.74, 6) is -1.61. The summed E-state index contributed by atoms with van der Waals surface area (Å²) in [6, 6.07) is 7.98. The second-order valence-corrected chi connectivity index (χ2v) is 5.29. The number of anilines is 1. The number of hydrogen-bond donors (Lipinski definition) is 1. The maximum absolute atomic E-state index is 12.0. The van der Waals surface area contributed by atoms with E-state index in [1.54, 1.807) is 0 Å². The first-order valence-electron chi connectivity index (χ1n) is 6.69. The summed E-state index contributed by atoms with van der Waals surface area (Å²) in [6.07, 6.45) is 0. The lowest BCUT2D eigenvalue weighted by Gasteiger charge is -2.08. The number of amides is 1. The van der Waals surface area contributed by atoms with Crippen molar-refractivity contribution in [1.82, 2.24) is 4.98 Å². The van der Waals surface area contributed by atoms with Crippen LogP contribution in [0.25, 0.3) is 0 Å². The molecule has 2 rings (SSSR count). The zero-order valence-electron chi connectivity index (χ0n) is 12.3. The van der Waals surface area contributed by atoms with Gasteiger partial charge in [-0.05, 0) is 36.4 Å². The van der Waals surface area contributed by atoms with Crippen LogP contribution in [-0.2, 0) is 9.53 Å². The van der Waals surface area contributed by atoms with Gasteiger partial charge in [-0.2, -0.15) is 8.78 Å². The molecule has 0 fully saturated rings. The molecule has 6 nitrogen and oxygen atoms in total. The molecule has 10 heteroatoms. The van der Waals surface area contributed by atoms with Gasteiger partial charge in [0, 0.05) is 5.69 Å². The number of halogens is 4. The van der Waals surface area contributed by atoms with E-state index in [-0.39, 0.29) is 21.6 Å². The van der Waals surface area contributed by atoms with Gasteiger partial charge in [-0.25, -0.2) is 9.78 Å². The van der Waals surface area contributed by atoms with Crippen molar-refractivity contribution in [3.63, 3.8) is 0 Å². The molecular weight excluding hydrogens is 381 g/mol. The number of pyridine rings is 1.